The lowest BCUT2D eigenvalue weighted by Gasteiger charge is -2.33. The zero-order chi connectivity index (χ0) is 10.2. The molecule has 2 heterocycles. The highest BCUT2D eigenvalue weighted by atomic mass is 79.9. The van der Waals surface area contributed by atoms with Gasteiger partial charge in [-0.25, -0.2) is 4.98 Å². The van der Waals surface area contributed by atoms with E-state index < -0.39 is 5.60 Å². The minimum absolute atomic E-state index is 0.108. The van der Waals surface area contributed by atoms with Crippen LogP contribution in [0.2, 0.25) is 0 Å². The number of hydrogen-bond donors (Lipinski definition) is 1. The Morgan fingerprint density at radius 2 is 2.57 bits per heavy atom. The van der Waals surface area contributed by atoms with Crippen molar-refractivity contribution >= 4 is 27.3 Å². The highest BCUT2D eigenvalue weighted by Crippen LogP contribution is 2.37. The van der Waals surface area contributed by atoms with Crippen LogP contribution in [-0.4, -0.2) is 22.8 Å². The third kappa shape index (κ3) is 2.00. The molecule has 2 rings (SSSR count). The van der Waals surface area contributed by atoms with Gasteiger partial charge in [0.25, 0.3) is 0 Å². The third-order valence-electron chi connectivity index (χ3n) is 2.42. The van der Waals surface area contributed by atoms with Crippen molar-refractivity contribution in [3.05, 3.63) is 15.0 Å². The number of ether oxygens (including phenoxy) is 1. The lowest BCUT2D eigenvalue weighted by molar-refractivity contribution is -0.101. The van der Waals surface area contributed by atoms with Crippen molar-refractivity contribution < 1.29 is 9.84 Å². The van der Waals surface area contributed by atoms with Crippen molar-refractivity contribution in [1.29, 1.82) is 0 Å². The molecule has 1 aromatic rings. The van der Waals surface area contributed by atoms with E-state index in [0.717, 1.165) is 8.79 Å². The first-order valence-corrected chi connectivity index (χ1v) is 6.17. The van der Waals surface area contributed by atoms with Crippen molar-refractivity contribution in [1.82, 2.24) is 4.98 Å². The summed E-state index contributed by atoms with van der Waals surface area (Å²) in [5.41, 5.74) is -0.783. The van der Waals surface area contributed by atoms with Gasteiger partial charge in [0, 0.05) is 12.8 Å². The topological polar surface area (TPSA) is 42.4 Å². The standard InChI is InChI=1S/C9H12BrNO2S/c1-6-4-9(12,2-3-13-6)8-11-5-7(10)14-8/h5-6,12H,2-4H2,1H3. The van der Waals surface area contributed by atoms with E-state index in [1.54, 1.807) is 6.20 Å². The summed E-state index contributed by atoms with van der Waals surface area (Å²) in [5, 5.41) is 11.2. The zero-order valence-electron chi connectivity index (χ0n) is 7.86. The average molecular weight is 278 g/mol. The quantitative estimate of drug-likeness (QED) is 0.857. The molecule has 0 aliphatic carbocycles. The fourth-order valence-corrected chi connectivity index (χ4v) is 3.06. The molecule has 0 spiro atoms. The van der Waals surface area contributed by atoms with Crippen molar-refractivity contribution in [2.75, 3.05) is 6.61 Å². The molecule has 0 bridgehead atoms. The molecule has 5 heteroatoms. The van der Waals surface area contributed by atoms with Crippen LogP contribution in [0.5, 0.6) is 0 Å². The summed E-state index contributed by atoms with van der Waals surface area (Å²) < 4.78 is 6.37. The molecule has 1 N–H and O–H groups in total. The molecule has 1 saturated heterocycles. The molecule has 0 radical (unpaired) electrons. The van der Waals surface area contributed by atoms with Crippen LogP contribution in [0.15, 0.2) is 9.98 Å². The van der Waals surface area contributed by atoms with Gasteiger partial charge in [-0.05, 0) is 22.9 Å². The van der Waals surface area contributed by atoms with Crippen LogP contribution in [0.4, 0.5) is 0 Å². The molecule has 3 nitrogen and oxygen atoms in total. The summed E-state index contributed by atoms with van der Waals surface area (Å²) in [6.07, 6.45) is 3.11. The molecule has 1 aliphatic rings. The van der Waals surface area contributed by atoms with Crippen LogP contribution in [0.1, 0.15) is 24.8 Å². The highest BCUT2D eigenvalue weighted by Gasteiger charge is 2.37. The Hall–Kier alpha value is 0.0300. The Kier molecular flexibility index (Phi) is 2.93. The Morgan fingerprint density at radius 3 is 3.14 bits per heavy atom. The van der Waals surface area contributed by atoms with E-state index in [2.05, 4.69) is 20.9 Å². The van der Waals surface area contributed by atoms with Crippen molar-refractivity contribution in [3.8, 4) is 0 Å². The molecular weight excluding hydrogens is 266 g/mol. The molecule has 0 amide bonds. The molecule has 1 fully saturated rings. The normalized spacial score (nSPS) is 33.2. The molecule has 1 aliphatic heterocycles. The third-order valence-corrected chi connectivity index (χ3v) is 4.09. The molecule has 2 atom stereocenters. The van der Waals surface area contributed by atoms with E-state index in [-0.39, 0.29) is 6.10 Å². The predicted octanol–water partition coefficient (Wildman–Crippen LogP) is 2.29. The summed E-state index contributed by atoms with van der Waals surface area (Å²) >= 11 is 4.85. The van der Waals surface area contributed by atoms with Crippen molar-refractivity contribution in [2.24, 2.45) is 0 Å². The second-order valence-corrected chi connectivity index (χ2v) is 6.05. The van der Waals surface area contributed by atoms with Gasteiger partial charge in [0.1, 0.15) is 10.6 Å². The first-order chi connectivity index (χ1) is 6.60. The Morgan fingerprint density at radius 1 is 1.79 bits per heavy atom. The lowest BCUT2D eigenvalue weighted by Crippen LogP contribution is -2.37. The molecule has 0 aromatic carbocycles. The van der Waals surface area contributed by atoms with Gasteiger partial charge in [-0.3, -0.25) is 0 Å². The minimum atomic E-state index is -0.783. The summed E-state index contributed by atoms with van der Waals surface area (Å²) in [4.78, 5) is 4.21. The molecular formula is C9H12BrNO2S. The monoisotopic (exact) mass is 277 g/mol. The van der Waals surface area contributed by atoms with Gasteiger partial charge in [0.15, 0.2) is 0 Å². The SMILES string of the molecule is CC1CC(O)(c2ncc(Br)s2)CCO1. The largest absolute Gasteiger partial charge is 0.382 e. The van der Waals surface area contributed by atoms with E-state index in [9.17, 15) is 5.11 Å². The number of thiazole rings is 1. The number of rotatable bonds is 1. The Labute approximate surface area is 95.3 Å². The van der Waals surface area contributed by atoms with Crippen molar-refractivity contribution in [3.63, 3.8) is 0 Å². The number of nitrogens with zero attached hydrogens (tertiary/aromatic N) is 1. The summed E-state index contributed by atoms with van der Waals surface area (Å²) in [6, 6.07) is 0. The fraction of sp³-hybridized carbons (Fsp3) is 0.667. The summed E-state index contributed by atoms with van der Waals surface area (Å²) in [5.74, 6) is 0. The number of aromatic nitrogens is 1. The molecule has 0 saturated carbocycles. The predicted molar refractivity (Wildman–Crippen MR) is 58.4 cm³/mol. The van der Waals surface area contributed by atoms with E-state index in [1.165, 1.54) is 11.3 Å². The first kappa shape index (κ1) is 10.5. The molecule has 78 valence electrons. The highest BCUT2D eigenvalue weighted by molar-refractivity contribution is 9.11. The smallest absolute Gasteiger partial charge is 0.126 e. The van der Waals surface area contributed by atoms with E-state index >= 15 is 0 Å². The van der Waals surface area contributed by atoms with Crippen LogP contribution in [0.25, 0.3) is 0 Å². The van der Waals surface area contributed by atoms with Gasteiger partial charge in [-0.1, -0.05) is 0 Å². The van der Waals surface area contributed by atoms with Crippen LogP contribution < -0.4 is 0 Å². The molecule has 14 heavy (non-hydrogen) atoms. The second kappa shape index (κ2) is 3.89. The fourth-order valence-electron chi connectivity index (χ4n) is 1.73. The maximum atomic E-state index is 10.4. The number of hydrogen-bond acceptors (Lipinski definition) is 4. The molecule has 1 aromatic heterocycles. The van der Waals surface area contributed by atoms with Crippen LogP contribution in [0.3, 0.4) is 0 Å². The summed E-state index contributed by atoms with van der Waals surface area (Å²) in [7, 11) is 0. The van der Waals surface area contributed by atoms with Gasteiger partial charge in [0.05, 0.1) is 22.7 Å². The Balaban J connectivity index is 2.22. The van der Waals surface area contributed by atoms with Crippen LogP contribution in [0, 0.1) is 0 Å². The first-order valence-electron chi connectivity index (χ1n) is 4.56. The van der Waals surface area contributed by atoms with E-state index in [4.69, 9.17) is 4.74 Å². The van der Waals surface area contributed by atoms with Crippen LogP contribution >= 0.6 is 27.3 Å². The average Bonchev–Trinajstić information content (AvgIpc) is 2.52. The summed E-state index contributed by atoms with van der Waals surface area (Å²) in [6.45, 7) is 2.58. The van der Waals surface area contributed by atoms with E-state index in [0.29, 0.717) is 19.4 Å². The number of halogens is 1. The maximum absolute atomic E-state index is 10.4. The maximum Gasteiger partial charge on any atom is 0.126 e. The zero-order valence-corrected chi connectivity index (χ0v) is 10.3. The van der Waals surface area contributed by atoms with Crippen LogP contribution in [-0.2, 0) is 10.3 Å². The van der Waals surface area contributed by atoms with E-state index in [1.807, 2.05) is 6.92 Å². The van der Waals surface area contributed by atoms with Crippen molar-refractivity contribution in [2.45, 2.75) is 31.5 Å². The molecule has 2 unspecified atom stereocenters. The van der Waals surface area contributed by atoms with Gasteiger partial charge < -0.3 is 9.84 Å². The Bertz CT molecular complexity index is 330. The minimum Gasteiger partial charge on any atom is -0.382 e. The van der Waals surface area contributed by atoms with Gasteiger partial charge >= 0.3 is 0 Å². The lowest BCUT2D eigenvalue weighted by atomic mass is 9.92. The second-order valence-electron chi connectivity index (χ2n) is 3.64. The van der Waals surface area contributed by atoms with Gasteiger partial charge in [-0.2, -0.15) is 0 Å². The van der Waals surface area contributed by atoms with Gasteiger partial charge in [-0.15, -0.1) is 11.3 Å². The number of aliphatic hydroxyl groups is 1. The van der Waals surface area contributed by atoms with Gasteiger partial charge in [0.2, 0.25) is 0 Å².